The van der Waals surface area contributed by atoms with Gasteiger partial charge in [0.15, 0.2) is 0 Å². The van der Waals surface area contributed by atoms with Crippen LogP contribution < -0.4 is 0 Å². The van der Waals surface area contributed by atoms with Gasteiger partial charge in [-0.3, -0.25) is 0 Å². The molecule has 0 fully saturated rings. The highest BCUT2D eigenvalue weighted by atomic mass is 16.5. The zero-order chi connectivity index (χ0) is 11.5. The number of allylic oxidation sites excluding steroid dienone is 1. The molecule has 4 nitrogen and oxygen atoms in total. The molecule has 1 N–H and O–H groups in total. The zero-order valence-electron chi connectivity index (χ0n) is 8.97. The molecule has 0 aliphatic carbocycles. The third-order valence-electron chi connectivity index (χ3n) is 2.23. The van der Waals surface area contributed by atoms with Gasteiger partial charge in [0.05, 0.1) is 0 Å². The van der Waals surface area contributed by atoms with Gasteiger partial charge in [0.25, 0.3) is 0 Å². The highest BCUT2D eigenvalue weighted by molar-refractivity contribution is 5.58. The molecule has 0 aliphatic heterocycles. The van der Waals surface area contributed by atoms with Gasteiger partial charge >= 0.3 is 0 Å². The number of phenols is 1. The summed E-state index contributed by atoms with van der Waals surface area (Å²) in [6.45, 7) is 5.38. The van der Waals surface area contributed by atoms with Crippen molar-refractivity contribution in [3.63, 3.8) is 0 Å². The number of benzene rings is 1. The van der Waals surface area contributed by atoms with E-state index in [-0.39, 0.29) is 5.75 Å². The standard InChI is InChI=1S/C12H12N2O2/c1-3-4-9-7-10(5-6-11(9)15)12-13-8(2)16-14-12/h3,5-7,15H,1,4H2,2H3. The maximum Gasteiger partial charge on any atom is 0.223 e. The first-order chi connectivity index (χ1) is 7.70. The molecule has 1 heterocycles. The van der Waals surface area contributed by atoms with E-state index < -0.39 is 0 Å². The summed E-state index contributed by atoms with van der Waals surface area (Å²) in [4.78, 5) is 4.13. The fourth-order valence-corrected chi connectivity index (χ4v) is 1.46. The minimum absolute atomic E-state index is 0.254. The predicted octanol–water partition coefficient (Wildman–Crippen LogP) is 2.48. The van der Waals surface area contributed by atoms with E-state index in [1.165, 1.54) is 0 Å². The van der Waals surface area contributed by atoms with Gasteiger partial charge in [-0.25, -0.2) is 0 Å². The monoisotopic (exact) mass is 216 g/mol. The topological polar surface area (TPSA) is 59.2 Å². The Labute approximate surface area is 93.2 Å². The van der Waals surface area contributed by atoms with Gasteiger partial charge in [-0.1, -0.05) is 11.2 Å². The van der Waals surface area contributed by atoms with Crippen molar-refractivity contribution in [2.75, 3.05) is 0 Å². The fourth-order valence-electron chi connectivity index (χ4n) is 1.46. The van der Waals surface area contributed by atoms with Crippen LogP contribution in [0.15, 0.2) is 35.4 Å². The number of phenolic OH excluding ortho intramolecular Hbond substituents is 1. The number of nitrogens with zero attached hydrogens (tertiary/aromatic N) is 2. The van der Waals surface area contributed by atoms with Crippen molar-refractivity contribution in [1.82, 2.24) is 10.1 Å². The lowest BCUT2D eigenvalue weighted by molar-refractivity contribution is 0.394. The molecule has 0 unspecified atom stereocenters. The lowest BCUT2D eigenvalue weighted by Crippen LogP contribution is -1.86. The summed E-state index contributed by atoms with van der Waals surface area (Å²) in [5.74, 6) is 1.31. The summed E-state index contributed by atoms with van der Waals surface area (Å²) in [6, 6.07) is 5.22. The second-order valence-corrected chi connectivity index (χ2v) is 3.47. The highest BCUT2D eigenvalue weighted by Crippen LogP contribution is 2.24. The van der Waals surface area contributed by atoms with Gasteiger partial charge in [-0.2, -0.15) is 4.98 Å². The molecule has 1 aromatic carbocycles. The van der Waals surface area contributed by atoms with Crippen LogP contribution in [0.5, 0.6) is 5.75 Å². The Bertz CT molecular complexity index is 517. The quantitative estimate of drug-likeness (QED) is 0.801. The average Bonchev–Trinajstić information content (AvgIpc) is 2.69. The number of hydrogen-bond acceptors (Lipinski definition) is 4. The average molecular weight is 216 g/mol. The molecule has 0 saturated heterocycles. The maximum absolute atomic E-state index is 9.61. The van der Waals surface area contributed by atoms with Gasteiger partial charge in [-0.05, 0) is 30.2 Å². The second-order valence-electron chi connectivity index (χ2n) is 3.47. The Balaban J connectivity index is 2.42. The minimum Gasteiger partial charge on any atom is -0.508 e. The Hall–Kier alpha value is -2.10. The van der Waals surface area contributed by atoms with E-state index >= 15 is 0 Å². The number of aromatic nitrogens is 2. The van der Waals surface area contributed by atoms with Crippen molar-refractivity contribution >= 4 is 0 Å². The van der Waals surface area contributed by atoms with E-state index in [0.717, 1.165) is 11.1 Å². The molecule has 0 atom stereocenters. The van der Waals surface area contributed by atoms with Gasteiger partial charge in [0.2, 0.25) is 11.7 Å². The summed E-state index contributed by atoms with van der Waals surface area (Å²) in [7, 11) is 0. The van der Waals surface area contributed by atoms with Gasteiger partial charge < -0.3 is 9.63 Å². The molecule has 0 bridgehead atoms. The molecular weight excluding hydrogens is 204 g/mol. The third-order valence-corrected chi connectivity index (χ3v) is 2.23. The Morgan fingerprint density at radius 3 is 2.94 bits per heavy atom. The summed E-state index contributed by atoms with van der Waals surface area (Å²) < 4.78 is 4.91. The molecule has 2 rings (SSSR count). The highest BCUT2D eigenvalue weighted by Gasteiger charge is 2.08. The lowest BCUT2D eigenvalue weighted by Gasteiger charge is -2.02. The molecule has 4 heteroatoms. The zero-order valence-corrected chi connectivity index (χ0v) is 8.97. The molecule has 1 aromatic heterocycles. The fraction of sp³-hybridized carbons (Fsp3) is 0.167. The molecule has 0 aliphatic rings. The molecule has 0 spiro atoms. The minimum atomic E-state index is 0.254. The van der Waals surface area contributed by atoms with Gasteiger partial charge in [-0.15, -0.1) is 6.58 Å². The maximum atomic E-state index is 9.61. The Morgan fingerprint density at radius 1 is 1.50 bits per heavy atom. The van der Waals surface area contributed by atoms with Gasteiger partial charge in [0.1, 0.15) is 5.75 Å². The molecule has 82 valence electrons. The second kappa shape index (κ2) is 4.18. The number of aryl methyl sites for hydroxylation is 1. The first-order valence-corrected chi connectivity index (χ1v) is 4.94. The predicted molar refractivity (Wildman–Crippen MR) is 60.0 cm³/mol. The van der Waals surface area contributed by atoms with E-state index in [2.05, 4.69) is 16.7 Å². The summed E-state index contributed by atoms with van der Waals surface area (Å²) in [6.07, 6.45) is 2.34. The summed E-state index contributed by atoms with van der Waals surface area (Å²) in [5.41, 5.74) is 1.63. The van der Waals surface area contributed by atoms with Crippen LogP contribution in [0.3, 0.4) is 0 Å². The van der Waals surface area contributed by atoms with Crippen molar-refractivity contribution in [2.24, 2.45) is 0 Å². The lowest BCUT2D eigenvalue weighted by atomic mass is 10.1. The van der Waals surface area contributed by atoms with E-state index in [1.807, 2.05) is 6.07 Å². The van der Waals surface area contributed by atoms with Crippen LogP contribution in [0, 0.1) is 6.92 Å². The van der Waals surface area contributed by atoms with Crippen LogP contribution in [0.2, 0.25) is 0 Å². The van der Waals surface area contributed by atoms with Crippen LogP contribution in [0.1, 0.15) is 11.5 Å². The summed E-state index contributed by atoms with van der Waals surface area (Å²) >= 11 is 0. The molecule has 0 saturated carbocycles. The van der Waals surface area contributed by atoms with E-state index in [1.54, 1.807) is 25.1 Å². The number of hydrogen-bond donors (Lipinski definition) is 1. The van der Waals surface area contributed by atoms with Gasteiger partial charge in [0, 0.05) is 12.5 Å². The van der Waals surface area contributed by atoms with E-state index in [4.69, 9.17) is 4.52 Å². The van der Waals surface area contributed by atoms with Crippen LogP contribution in [0.4, 0.5) is 0 Å². The first-order valence-electron chi connectivity index (χ1n) is 4.94. The van der Waals surface area contributed by atoms with Crippen LogP contribution >= 0.6 is 0 Å². The smallest absolute Gasteiger partial charge is 0.223 e. The molecule has 0 amide bonds. The van der Waals surface area contributed by atoms with Crippen LogP contribution in [-0.4, -0.2) is 15.2 Å². The van der Waals surface area contributed by atoms with Crippen molar-refractivity contribution in [2.45, 2.75) is 13.3 Å². The third kappa shape index (κ3) is 1.95. The normalized spacial score (nSPS) is 10.3. The Morgan fingerprint density at radius 2 is 2.31 bits per heavy atom. The number of rotatable bonds is 3. The van der Waals surface area contributed by atoms with Crippen molar-refractivity contribution in [1.29, 1.82) is 0 Å². The SMILES string of the molecule is C=CCc1cc(-c2noc(C)n2)ccc1O. The van der Waals surface area contributed by atoms with Crippen molar-refractivity contribution in [3.05, 3.63) is 42.3 Å². The molecule has 2 aromatic rings. The molecule has 0 radical (unpaired) electrons. The molecule has 16 heavy (non-hydrogen) atoms. The van der Waals surface area contributed by atoms with Crippen molar-refractivity contribution < 1.29 is 9.63 Å². The largest absolute Gasteiger partial charge is 0.508 e. The first kappa shape index (κ1) is 10.4. The van der Waals surface area contributed by atoms with E-state index in [0.29, 0.717) is 18.1 Å². The number of aromatic hydroxyl groups is 1. The Kier molecular flexibility index (Phi) is 2.72. The van der Waals surface area contributed by atoms with Crippen LogP contribution in [-0.2, 0) is 6.42 Å². The van der Waals surface area contributed by atoms with Crippen molar-refractivity contribution in [3.8, 4) is 17.1 Å². The summed E-state index contributed by atoms with van der Waals surface area (Å²) in [5, 5.41) is 13.4. The van der Waals surface area contributed by atoms with Crippen LogP contribution in [0.25, 0.3) is 11.4 Å². The van der Waals surface area contributed by atoms with E-state index in [9.17, 15) is 5.11 Å². The molecular formula is C12H12N2O2.